The Morgan fingerprint density at radius 1 is 1.00 bits per heavy atom. The van der Waals surface area contributed by atoms with Crippen LogP contribution in [0.1, 0.15) is 56.4 Å². The number of nitrogens with one attached hydrogen (secondary N) is 1. The number of hydrogen-bond acceptors (Lipinski definition) is 4. The SMILES string of the molecule is CCOc1ccc(N2C(=O)CS[C@H]2c2ccc(NC(=O)C34CC5CC(CC(C5)C3)C4)cc2)cc1. The van der Waals surface area contributed by atoms with Crippen molar-refractivity contribution in [3.8, 4) is 5.75 Å². The van der Waals surface area contributed by atoms with Gasteiger partial charge in [0, 0.05) is 11.4 Å². The molecule has 5 fully saturated rings. The van der Waals surface area contributed by atoms with E-state index in [2.05, 4.69) is 5.32 Å². The molecule has 178 valence electrons. The molecular formula is C28H32N2O3S. The molecule has 2 amide bonds. The fraction of sp³-hybridized carbons (Fsp3) is 0.500. The van der Waals surface area contributed by atoms with Crippen molar-refractivity contribution in [1.29, 1.82) is 0 Å². The molecule has 34 heavy (non-hydrogen) atoms. The van der Waals surface area contributed by atoms with Crippen LogP contribution in [0.3, 0.4) is 0 Å². The number of benzene rings is 2. The zero-order valence-corrected chi connectivity index (χ0v) is 20.5. The van der Waals surface area contributed by atoms with E-state index in [0.717, 1.165) is 59.7 Å². The maximum atomic E-state index is 13.4. The van der Waals surface area contributed by atoms with E-state index >= 15 is 0 Å². The lowest BCUT2D eigenvalue weighted by atomic mass is 9.49. The van der Waals surface area contributed by atoms with Crippen LogP contribution in [0.4, 0.5) is 11.4 Å². The van der Waals surface area contributed by atoms with Gasteiger partial charge in [0.1, 0.15) is 11.1 Å². The lowest BCUT2D eigenvalue weighted by Gasteiger charge is -2.55. The monoisotopic (exact) mass is 476 g/mol. The standard InChI is InChI=1S/C28H32N2O3S/c1-2-33-24-9-7-23(8-10-24)30-25(31)17-34-26(30)21-3-5-22(6-4-21)29-27(32)28-14-18-11-19(15-28)13-20(12-18)16-28/h3-10,18-20,26H,2,11-17H2,1H3,(H,29,32)/t18?,19?,20?,26-,28?/m0/s1. The van der Waals surface area contributed by atoms with E-state index < -0.39 is 0 Å². The van der Waals surface area contributed by atoms with Crippen LogP contribution in [0.15, 0.2) is 48.5 Å². The predicted molar refractivity (Wildman–Crippen MR) is 136 cm³/mol. The van der Waals surface area contributed by atoms with Crippen molar-refractivity contribution in [1.82, 2.24) is 0 Å². The number of anilines is 2. The molecule has 1 N–H and O–H groups in total. The topological polar surface area (TPSA) is 58.6 Å². The zero-order chi connectivity index (χ0) is 23.3. The minimum absolute atomic E-state index is 0.0710. The molecule has 7 rings (SSSR count). The number of nitrogens with zero attached hydrogens (tertiary/aromatic N) is 1. The Bertz CT molecular complexity index is 1050. The molecule has 4 bridgehead atoms. The fourth-order valence-electron chi connectivity index (χ4n) is 7.20. The predicted octanol–water partition coefficient (Wildman–Crippen LogP) is 6.02. The molecule has 4 saturated carbocycles. The molecule has 1 aliphatic heterocycles. The highest BCUT2D eigenvalue weighted by Gasteiger charge is 2.54. The Labute approximate surface area is 205 Å². The number of amides is 2. The van der Waals surface area contributed by atoms with Crippen LogP contribution in [-0.2, 0) is 9.59 Å². The fourth-order valence-corrected chi connectivity index (χ4v) is 8.38. The van der Waals surface area contributed by atoms with Crippen molar-refractivity contribution in [2.75, 3.05) is 22.6 Å². The second kappa shape index (κ2) is 8.63. The molecular weight excluding hydrogens is 444 g/mol. The second-order valence-corrected chi connectivity index (χ2v) is 11.7. The maximum Gasteiger partial charge on any atom is 0.238 e. The number of carbonyl (C=O) groups is 2. The van der Waals surface area contributed by atoms with Crippen LogP contribution in [0.5, 0.6) is 5.75 Å². The minimum Gasteiger partial charge on any atom is -0.494 e. The van der Waals surface area contributed by atoms with E-state index in [1.54, 1.807) is 11.8 Å². The average molecular weight is 477 g/mol. The van der Waals surface area contributed by atoms with Crippen LogP contribution >= 0.6 is 11.8 Å². The molecule has 0 spiro atoms. The summed E-state index contributed by atoms with van der Waals surface area (Å²) in [6.07, 6.45) is 7.22. The highest BCUT2D eigenvalue weighted by atomic mass is 32.2. The van der Waals surface area contributed by atoms with Gasteiger partial charge in [0.05, 0.1) is 17.8 Å². The van der Waals surface area contributed by atoms with Gasteiger partial charge in [-0.25, -0.2) is 0 Å². The summed E-state index contributed by atoms with van der Waals surface area (Å²) in [6, 6.07) is 15.8. The van der Waals surface area contributed by atoms with Crippen LogP contribution in [0, 0.1) is 23.2 Å². The van der Waals surface area contributed by atoms with Crippen LogP contribution < -0.4 is 15.0 Å². The van der Waals surface area contributed by atoms with Gasteiger partial charge in [0.2, 0.25) is 11.8 Å². The van der Waals surface area contributed by atoms with Gasteiger partial charge in [0.15, 0.2) is 0 Å². The summed E-state index contributed by atoms with van der Waals surface area (Å²) < 4.78 is 5.54. The molecule has 1 saturated heterocycles. The number of rotatable bonds is 6. The highest BCUT2D eigenvalue weighted by molar-refractivity contribution is 8.00. The molecule has 0 aromatic heterocycles. The first-order chi connectivity index (χ1) is 16.5. The molecule has 5 nitrogen and oxygen atoms in total. The van der Waals surface area contributed by atoms with Gasteiger partial charge in [0.25, 0.3) is 0 Å². The summed E-state index contributed by atoms with van der Waals surface area (Å²) in [4.78, 5) is 28.0. The van der Waals surface area contributed by atoms with E-state index in [1.807, 2.05) is 60.4 Å². The van der Waals surface area contributed by atoms with Gasteiger partial charge in [-0.1, -0.05) is 12.1 Å². The number of ether oxygens (including phenoxy) is 1. The first-order valence-electron chi connectivity index (χ1n) is 12.6. The van der Waals surface area contributed by atoms with E-state index in [9.17, 15) is 9.59 Å². The molecule has 5 aliphatic rings. The van der Waals surface area contributed by atoms with Crippen LogP contribution in [0.25, 0.3) is 0 Å². The third-order valence-electron chi connectivity index (χ3n) is 8.27. The first kappa shape index (κ1) is 22.0. The largest absolute Gasteiger partial charge is 0.494 e. The molecule has 1 heterocycles. The van der Waals surface area contributed by atoms with E-state index in [1.165, 1.54) is 19.3 Å². The second-order valence-electron chi connectivity index (χ2n) is 10.6. The van der Waals surface area contributed by atoms with Gasteiger partial charge < -0.3 is 10.1 Å². The Morgan fingerprint density at radius 3 is 2.21 bits per heavy atom. The van der Waals surface area contributed by atoms with Crippen LogP contribution in [0.2, 0.25) is 0 Å². The Kier molecular flexibility index (Phi) is 5.59. The van der Waals surface area contributed by atoms with Gasteiger partial charge in [-0.15, -0.1) is 11.8 Å². The minimum atomic E-state index is -0.147. The average Bonchev–Trinajstić information content (AvgIpc) is 3.21. The van der Waals surface area contributed by atoms with Gasteiger partial charge in [-0.2, -0.15) is 0 Å². The van der Waals surface area contributed by atoms with Crippen LogP contribution in [-0.4, -0.2) is 24.2 Å². The molecule has 0 unspecified atom stereocenters. The summed E-state index contributed by atoms with van der Waals surface area (Å²) in [6.45, 7) is 2.58. The zero-order valence-electron chi connectivity index (χ0n) is 19.7. The summed E-state index contributed by atoms with van der Waals surface area (Å²) >= 11 is 1.64. The maximum absolute atomic E-state index is 13.4. The summed E-state index contributed by atoms with van der Waals surface area (Å²) in [5.41, 5.74) is 2.65. The van der Waals surface area contributed by atoms with Gasteiger partial charge in [-0.3, -0.25) is 14.5 Å². The number of carbonyl (C=O) groups excluding carboxylic acids is 2. The van der Waals surface area contributed by atoms with E-state index in [-0.39, 0.29) is 22.6 Å². The Balaban J connectivity index is 1.16. The van der Waals surface area contributed by atoms with Crippen molar-refractivity contribution in [3.63, 3.8) is 0 Å². The van der Waals surface area contributed by atoms with Crippen molar-refractivity contribution in [3.05, 3.63) is 54.1 Å². The van der Waals surface area contributed by atoms with Gasteiger partial charge >= 0.3 is 0 Å². The van der Waals surface area contributed by atoms with E-state index in [0.29, 0.717) is 12.4 Å². The summed E-state index contributed by atoms with van der Waals surface area (Å²) in [5.74, 6) is 3.86. The normalized spacial score (nSPS) is 31.7. The molecule has 6 heteroatoms. The number of thioether (sulfide) groups is 1. The van der Waals surface area contributed by atoms with E-state index in [4.69, 9.17) is 4.74 Å². The smallest absolute Gasteiger partial charge is 0.238 e. The van der Waals surface area contributed by atoms with Gasteiger partial charge in [-0.05, 0) is 105 Å². The molecule has 2 aromatic rings. The third-order valence-corrected chi connectivity index (χ3v) is 9.48. The van der Waals surface area contributed by atoms with Crippen molar-refractivity contribution >= 4 is 35.0 Å². The van der Waals surface area contributed by atoms with Crippen molar-refractivity contribution in [2.24, 2.45) is 23.2 Å². The summed E-state index contributed by atoms with van der Waals surface area (Å²) in [5, 5.41) is 3.18. The summed E-state index contributed by atoms with van der Waals surface area (Å²) in [7, 11) is 0. The Hall–Kier alpha value is -2.47. The quantitative estimate of drug-likeness (QED) is 0.554. The first-order valence-corrected chi connectivity index (χ1v) is 13.7. The lowest BCUT2D eigenvalue weighted by Crippen LogP contribution is -2.51. The number of hydrogen-bond donors (Lipinski definition) is 1. The molecule has 0 radical (unpaired) electrons. The van der Waals surface area contributed by atoms with Crippen molar-refractivity contribution in [2.45, 2.75) is 50.8 Å². The highest BCUT2D eigenvalue weighted by Crippen LogP contribution is 2.60. The van der Waals surface area contributed by atoms with Crippen molar-refractivity contribution < 1.29 is 14.3 Å². The molecule has 4 aliphatic carbocycles. The Morgan fingerprint density at radius 2 is 1.62 bits per heavy atom. The molecule has 1 atom stereocenters. The third kappa shape index (κ3) is 3.90. The molecule has 2 aromatic carbocycles. The lowest BCUT2D eigenvalue weighted by molar-refractivity contribution is -0.140.